The summed E-state index contributed by atoms with van der Waals surface area (Å²) in [7, 11) is 0. The summed E-state index contributed by atoms with van der Waals surface area (Å²) in [6.07, 6.45) is -5.07. The molecule has 126 valence electrons. The molecule has 1 rings (SSSR count). The molecular formula is C9H2Br2ClF4N3O4. The number of hydrogen-bond donors (Lipinski definition) is 0. The molecule has 0 spiro atoms. The summed E-state index contributed by atoms with van der Waals surface area (Å²) in [5.74, 6) is 0. The first kappa shape index (κ1) is 19.7. The summed E-state index contributed by atoms with van der Waals surface area (Å²) in [6, 6.07) is 0.0801. The fraction of sp³-hybridized carbons (Fsp3) is 0.222. The highest BCUT2D eigenvalue weighted by atomic mass is 79.9. The van der Waals surface area contributed by atoms with Crippen molar-refractivity contribution in [3.05, 3.63) is 37.9 Å². The average molecular weight is 487 g/mol. The number of nitro groups is 2. The summed E-state index contributed by atoms with van der Waals surface area (Å²) < 4.78 is 48.8. The van der Waals surface area contributed by atoms with E-state index in [9.17, 15) is 37.8 Å². The zero-order valence-corrected chi connectivity index (χ0v) is 14.2. The average Bonchev–Trinajstić information content (AvgIpc) is 2.35. The van der Waals surface area contributed by atoms with Gasteiger partial charge >= 0.3 is 17.6 Å². The van der Waals surface area contributed by atoms with Crippen molar-refractivity contribution in [3.8, 4) is 0 Å². The number of rotatable bonds is 4. The van der Waals surface area contributed by atoms with Gasteiger partial charge in [-0.05, 0) is 31.9 Å². The molecule has 0 radical (unpaired) electrons. The van der Waals surface area contributed by atoms with Gasteiger partial charge in [-0.2, -0.15) is 13.2 Å². The monoisotopic (exact) mass is 485 g/mol. The van der Waals surface area contributed by atoms with Crippen LogP contribution in [0.5, 0.6) is 0 Å². The molecule has 0 bridgehead atoms. The van der Waals surface area contributed by atoms with Crippen LogP contribution in [-0.2, 0) is 6.18 Å². The van der Waals surface area contributed by atoms with Gasteiger partial charge < -0.3 is 0 Å². The van der Waals surface area contributed by atoms with Gasteiger partial charge in [-0.1, -0.05) is 11.6 Å². The summed E-state index contributed by atoms with van der Waals surface area (Å²) in [5.41, 5.74) is -5.46. The lowest BCUT2D eigenvalue weighted by Gasteiger charge is -2.10. The van der Waals surface area contributed by atoms with Crippen LogP contribution in [-0.4, -0.2) is 18.5 Å². The van der Waals surface area contributed by atoms with Gasteiger partial charge in [0.2, 0.25) is 5.69 Å². The number of nitro benzene ring substituents is 2. The molecule has 0 aromatic heterocycles. The number of aliphatic imine (C=N–C) groups is 1. The first-order valence-electron chi connectivity index (χ1n) is 5.10. The van der Waals surface area contributed by atoms with Gasteiger partial charge in [0.15, 0.2) is 5.17 Å². The molecule has 1 aromatic carbocycles. The fourth-order valence-electron chi connectivity index (χ4n) is 1.32. The minimum atomic E-state index is -5.07. The number of hydrogen-bond acceptors (Lipinski definition) is 5. The third-order valence-electron chi connectivity index (χ3n) is 2.23. The smallest absolute Gasteiger partial charge is 0.258 e. The van der Waals surface area contributed by atoms with Gasteiger partial charge in [0.1, 0.15) is 0 Å². The van der Waals surface area contributed by atoms with Crippen molar-refractivity contribution in [2.24, 2.45) is 4.99 Å². The van der Waals surface area contributed by atoms with Crippen LogP contribution in [0.15, 0.2) is 17.1 Å². The second-order valence-electron chi connectivity index (χ2n) is 3.78. The van der Waals surface area contributed by atoms with Gasteiger partial charge in [0, 0.05) is 12.1 Å². The molecule has 0 heterocycles. The number of alkyl halides is 6. The Morgan fingerprint density at radius 1 is 1.09 bits per heavy atom. The van der Waals surface area contributed by atoms with E-state index in [0.717, 1.165) is 0 Å². The molecule has 0 saturated carbocycles. The van der Waals surface area contributed by atoms with Crippen LogP contribution in [0.1, 0.15) is 5.56 Å². The van der Waals surface area contributed by atoms with Crippen LogP contribution in [0.4, 0.5) is 34.6 Å². The molecule has 0 aliphatic rings. The molecule has 1 aromatic rings. The highest BCUT2D eigenvalue weighted by Crippen LogP contribution is 2.44. The first-order chi connectivity index (χ1) is 10.2. The Labute approximate surface area is 145 Å². The number of benzene rings is 1. The van der Waals surface area contributed by atoms with E-state index in [1.54, 1.807) is 0 Å². The Hall–Kier alpha value is -1.34. The van der Waals surface area contributed by atoms with E-state index in [1.165, 1.54) is 0 Å². The number of nitrogens with zero attached hydrogens (tertiary/aromatic N) is 3. The minimum Gasteiger partial charge on any atom is -0.258 e. The van der Waals surface area contributed by atoms with Crippen molar-refractivity contribution in [2.45, 2.75) is 9.66 Å². The lowest BCUT2D eigenvalue weighted by molar-refractivity contribution is -0.392. The van der Waals surface area contributed by atoms with Gasteiger partial charge in [-0.3, -0.25) is 20.2 Å². The van der Waals surface area contributed by atoms with Crippen molar-refractivity contribution in [2.75, 3.05) is 0 Å². The Morgan fingerprint density at radius 2 is 1.48 bits per heavy atom. The summed E-state index contributed by atoms with van der Waals surface area (Å²) in [5, 5.41) is 20.7. The van der Waals surface area contributed by atoms with E-state index in [2.05, 4.69) is 36.9 Å². The lowest BCUT2D eigenvalue weighted by Crippen LogP contribution is -2.12. The first-order valence-corrected chi connectivity index (χ1v) is 7.07. The second-order valence-corrected chi connectivity index (χ2v) is 7.38. The quantitative estimate of drug-likeness (QED) is 0.192. The maximum Gasteiger partial charge on any atom is 0.416 e. The van der Waals surface area contributed by atoms with Crippen LogP contribution < -0.4 is 0 Å². The molecule has 7 nitrogen and oxygen atoms in total. The van der Waals surface area contributed by atoms with Gasteiger partial charge in [-0.15, -0.1) is 0 Å². The van der Waals surface area contributed by atoms with Crippen LogP contribution in [0.25, 0.3) is 0 Å². The van der Waals surface area contributed by atoms with E-state index in [0.29, 0.717) is 0 Å². The van der Waals surface area contributed by atoms with E-state index in [-0.39, 0.29) is 12.1 Å². The van der Waals surface area contributed by atoms with Gasteiger partial charge in [-0.25, -0.2) is 9.38 Å². The Balaban J connectivity index is 3.81. The van der Waals surface area contributed by atoms with Crippen molar-refractivity contribution < 1.29 is 27.4 Å². The Bertz CT molecular complexity index is 670. The van der Waals surface area contributed by atoms with Crippen LogP contribution >= 0.6 is 43.5 Å². The molecule has 0 aliphatic heterocycles. The zero-order valence-electron chi connectivity index (χ0n) is 10.3. The second kappa shape index (κ2) is 6.65. The zero-order chi connectivity index (χ0) is 18.2. The summed E-state index contributed by atoms with van der Waals surface area (Å²) in [6.45, 7) is 0. The predicted octanol–water partition coefficient (Wildman–Crippen LogP) is 5.20. The standard InChI is InChI=1S/C9H2Br2ClF4N3O4/c10-8(11,13)7(12)17-6-4(18(20)21)1-3(9(14,15)16)2-5(6)19(22)23/h1-2H. The van der Waals surface area contributed by atoms with E-state index < -0.39 is 47.3 Å². The highest BCUT2D eigenvalue weighted by molar-refractivity contribution is 9.25. The van der Waals surface area contributed by atoms with Crippen LogP contribution in [0, 0.1) is 20.2 Å². The van der Waals surface area contributed by atoms with E-state index in [4.69, 9.17) is 11.6 Å². The molecule has 0 unspecified atom stereocenters. The SMILES string of the molecule is O=[N+]([O-])c1cc(C(F)(F)F)cc([N+](=O)[O-])c1N=C(Cl)C(F)(Br)Br. The lowest BCUT2D eigenvalue weighted by atomic mass is 10.1. The molecule has 0 saturated heterocycles. The Kier molecular flexibility index (Phi) is 5.70. The third kappa shape index (κ3) is 4.81. The summed E-state index contributed by atoms with van der Waals surface area (Å²) in [4.78, 5) is 22.3. The maximum absolute atomic E-state index is 13.5. The molecule has 0 fully saturated rings. The number of halogens is 7. The normalized spacial score (nSPS) is 13.1. The molecule has 0 N–H and O–H groups in total. The fourth-order valence-corrected chi connectivity index (χ4v) is 1.58. The Morgan fingerprint density at radius 3 is 1.74 bits per heavy atom. The molecule has 23 heavy (non-hydrogen) atoms. The van der Waals surface area contributed by atoms with Crippen LogP contribution in [0.3, 0.4) is 0 Å². The highest BCUT2D eigenvalue weighted by Gasteiger charge is 2.38. The molecule has 0 amide bonds. The largest absolute Gasteiger partial charge is 0.416 e. The van der Waals surface area contributed by atoms with Crippen molar-refractivity contribution in [1.82, 2.24) is 0 Å². The van der Waals surface area contributed by atoms with Gasteiger partial charge in [0.05, 0.1) is 15.4 Å². The van der Waals surface area contributed by atoms with E-state index in [1.807, 2.05) is 0 Å². The molecule has 14 heteroatoms. The van der Waals surface area contributed by atoms with E-state index >= 15 is 0 Å². The summed E-state index contributed by atoms with van der Waals surface area (Å²) >= 11 is 10.1. The molecule has 0 atom stereocenters. The van der Waals surface area contributed by atoms with Crippen LogP contribution in [0.2, 0.25) is 0 Å². The maximum atomic E-state index is 13.5. The van der Waals surface area contributed by atoms with Crippen molar-refractivity contribution >= 4 is 65.7 Å². The molecular weight excluding hydrogens is 485 g/mol. The van der Waals surface area contributed by atoms with Crippen molar-refractivity contribution in [1.29, 1.82) is 0 Å². The van der Waals surface area contributed by atoms with Crippen molar-refractivity contribution in [3.63, 3.8) is 0 Å². The minimum absolute atomic E-state index is 0.0401. The third-order valence-corrected chi connectivity index (χ3v) is 3.79. The topological polar surface area (TPSA) is 98.6 Å². The molecule has 0 aliphatic carbocycles. The predicted molar refractivity (Wildman–Crippen MR) is 79.4 cm³/mol. The van der Waals surface area contributed by atoms with Gasteiger partial charge in [0.25, 0.3) is 3.49 Å².